The molecule has 0 aliphatic heterocycles. The third kappa shape index (κ3) is 4.69. The monoisotopic (exact) mass is 426 g/mol. The number of hydrogen-bond acceptors (Lipinski definition) is 6. The lowest BCUT2D eigenvalue weighted by atomic mass is 10.0. The molecule has 3 rings (SSSR count). The maximum Gasteiger partial charge on any atom is 0.311 e. The first kappa shape index (κ1) is 21.1. The standard InChI is InChI=1S/C22H19ClN2O5/c1-29-17-7-8-21(30-2)19(12-17)24-13-16-10-14(11-20(22(16)26)25(27)28)9-15-5-3-4-6-18(15)23/h3-8,10-13,26H,9H2,1-2H3. The molecule has 3 aromatic rings. The first-order valence-corrected chi connectivity index (χ1v) is 9.30. The van der Waals surface area contributed by atoms with Crippen LogP contribution < -0.4 is 9.47 Å². The van der Waals surface area contributed by atoms with Crippen molar-refractivity contribution in [3.63, 3.8) is 0 Å². The third-order valence-electron chi connectivity index (χ3n) is 4.46. The number of phenolic OH excluding ortho intramolecular Hbond substituents is 1. The Balaban J connectivity index is 2.04. The molecular formula is C22H19ClN2O5. The van der Waals surface area contributed by atoms with E-state index in [0.717, 1.165) is 5.56 Å². The van der Waals surface area contributed by atoms with Crippen LogP contribution in [0.2, 0.25) is 5.02 Å². The molecule has 154 valence electrons. The molecule has 3 aromatic carbocycles. The van der Waals surface area contributed by atoms with Gasteiger partial charge in [-0.15, -0.1) is 0 Å². The quantitative estimate of drug-likeness (QED) is 0.314. The van der Waals surface area contributed by atoms with Crippen LogP contribution in [0, 0.1) is 10.1 Å². The molecule has 0 saturated heterocycles. The van der Waals surface area contributed by atoms with Crippen LogP contribution in [0.4, 0.5) is 11.4 Å². The summed E-state index contributed by atoms with van der Waals surface area (Å²) >= 11 is 6.22. The van der Waals surface area contributed by atoms with Gasteiger partial charge in [-0.2, -0.15) is 0 Å². The highest BCUT2D eigenvalue weighted by atomic mass is 35.5. The zero-order valence-electron chi connectivity index (χ0n) is 16.3. The van der Waals surface area contributed by atoms with Crippen molar-refractivity contribution >= 4 is 29.2 Å². The Morgan fingerprint density at radius 2 is 1.90 bits per heavy atom. The third-order valence-corrected chi connectivity index (χ3v) is 4.83. The van der Waals surface area contributed by atoms with Gasteiger partial charge in [0.05, 0.1) is 19.1 Å². The Labute approximate surface area is 178 Å². The number of benzene rings is 3. The van der Waals surface area contributed by atoms with Gasteiger partial charge in [-0.3, -0.25) is 15.1 Å². The molecule has 0 amide bonds. The first-order chi connectivity index (χ1) is 14.4. The molecule has 0 aliphatic rings. The van der Waals surface area contributed by atoms with E-state index in [2.05, 4.69) is 4.99 Å². The van der Waals surface area contributed by atoms with Gasteiger partial charge in [-0.05, 0) is 41.8 Å². The van der Waals surface area contributed by atoms with Crippen molar-refractivity contribution in [3.05, 3.63) is 86.4 Å². The summed E-state index contributed by atoms with van der Waals surface area (Å²) in [6.45, 7) is 0. The predicted octanol–water partition coefficient (Wildman–Crippen LogP) is 5.31. The van der Waals surface area contributed by atoms with Crippen LogP contribution in [0.1, 0.15) is 16.7 Å². The van der Waals surface area contributed by atoms with Gasteiger partial charge in [0, 0.05) is 28.9 Å². The van der Waals surface area contributed by atoms with E-state index in [1.165, 1.54) is 26.5 Å². The fourth-order valence-electron chi connectivity index (χ4n) is 2.94. The average Bonchev–Trinajstić information content (AvgIpc) is 2.74. The Kier molecular flexibility index (Phi) is 6.54. The maximum absolute atomic E-state index is 11.4. The smallest absolute Gasteiger partial charge is 0.311 e. The molecule has 0 saturated carbocycles. The number of aromatic hydroxyl groups is 1. The summed E-state index contributed by atoms with van der Waals surface area (Å²) in [6.07, 6.45) is 1.72. The number of nitro benzene ring substituents is 1. The molecule has 8 heteroatoms. The highest BCUT2D eigenvalue weighted by molar-refractivity contribution is 6.31. The molecule has 0 aliphatic carbocycles. The van der Waals surface area contributed by atoms with E-state index in [1.54, 1.807) is 30.3 Å². The number of phenols is 1. The van der Waals surface area contributed by atoms with Gasteiger partial charge in [-0.1, -0.05) is 29.8 Å². The number of nitro groups is 1. The molecule has 0 fully saturated rings. The molecule has 0 aromatic heterocycles. The van der Waals surface area contributed by atoms with Gasteiger partial charge in [0.2, 0.25) is 5.75 Å². The van der Waals surface area contributed by atoms with E-state index in [0.29, 0.717) is 34.2 Å². The highest BCUT2D eigenvalue weighted by Crippen LogP contribution is 2.34. The molecular weight excluding hydrogens is 408 g/mol. The van der Waals surface area contributed by atoms with E-state index in [9.17, 15) is 15.2 Å². The summed E-state index contributed by atoms with van der Waals surface area (Å²) in [7, 11) is 3.04. The molecule has 1 N–H and O–H groups in total. The topological polar surface area (TPSA) is 94.2 Å². The average molecular weight is 427 g/mol. The number of ether oxygens (including phenoxy) is 2. The minimum absolute atomic E-state index is 0.205. The summed E-state index contributed by atoms with van der Waals surface area (Å²) in [4.78, 5) is 15.2. The van der Waals surface area contributed by atoms with Crippen LogP contribution in [0.25, 0.3) is 0 Å². The van der Waals surface area contributed by atoms with E-state index in [1.807, 2.05) is 18.2 Å². The Hall–Kier alpha value is -3.58. The van der Waals surface area contributed by atoms with E-state index >= 15 is 0 Å². The molecule has 0 bridgehead atoms. The van der Waals surface area contributed by atoms with Crippen LogP contribution in [0.5, 0.6) is 17.2 Å². The minimum Gasteiger partial charge on any atom is -0.502 e. The number of aliphatic imine (C=N–C) groups is 1. The van der Waals surface area contributed by atoms with Crippen molar-refractivity contribution < 1.29 is 19.5 Å². The van der Waals surface area contributed by atoms with Gasteiger partial charge < -0.3 is 14.6 Å². The first-order valence-electron chi connectivity index (χ1n) is 8.92. The van der Waals surface area contributed by atoms with Crippen LogP contribution >= 0.6 is 11.6 Å². The van der Waals surface area contributed by atoms with Gasteiger partial charge in [-0.25, -0.2) is 0 Å². The molecule has 0 unspecified atom stereocenters. The van der Waals surface area contributed by atoms with Crippen LogP contribution in [0.3, 0.4) is 0 Å². The number of nitrogens with zero attached hydrogens (tertiary/aromatic N) is 2. The SMILES string of the molecule is COc1ccc(OC)c(N=Cc2cc(Cc3ccccc3Cl)cc([N+](=O)[O-])c2O)c1. The summed E-state index contributed by atoms with van der Waals surface area (Å²) in [5.41, 5.74) is 1.69. The molecule has 0 spiro atoms. The molecule has 30 heavy (non-hydrogen) atoms. The number of methoxy groups -OCH3 is 2. The second-order valence-electron chi connectivity index (χ2n) is 6.37. The van der Waals surface area contributed by atoms with Crippen molar-refractivity contribution in [2.24, 2.45) is 4.99 Å². The fourth-order valence-corrected chi connectivity index (χ4v) is 3.14. The second kappa shape index (κ2) is 9.28. The zero-order valence-corrected chi connectivity index (χ0v) is 17.1. The van der Waals surface area contributed by atoms with Crippen molar-refractivity contribution in [2.45, 2.75) is 6.42 Å². The van der Waals surface area contributed by atoms with Crippen LogP contribution in [0.15, 0.2) is 59.6 Å². The summed E-state index contributed by atoms with van der Waals surface area (Å²) in [6, 6.07) is 15.3. The zero-order chi connectivity index (χ0) is 21.7. The van der Waals surface area contributed by atoms with Gasteiger partial charge in [0.25, 0.3) is 0 Å². The molecule has 0 heterocycles. The highest BCUT2D eigenvalue weighted by Gasteiger charge is 2.19. The predicted molar refractivity (Wildman–Crippen MR) is 116 cm³/mol. The lowest BCUT2D eigenvalue weighted by Crippen LogP contribution is -1.97. The van der Waals surface area contributed by atoms with E-state index < -0.39 is 16.4 Å². The number of hydrogen-bond donors (Lipinski definition) is 1. The molecule has 0 radical (unpaired) electrons. The van der Waals surface area contributed by atoms with Crippen molar-refractivity contribution in [2.75, 3.05) is 14.2 Å². The summed E-state index contributed by atoms with van der Waals surface area (Å²) in [5.74, 6) is 0.604. The number of halogens is 1. The fraction of sp³-hybridized carbons (Fsp3) is 0.136. The summed E-state index contributed by atoms with van der Waals surface area (Å²) in [5, 5.41) is 22.4. The molecule has 0 atom stereocenters. The van der Waals surface area contributed by atoms with Gasteiger partial charge >= 0.3 is 5.69 Å². The minimum atomic E-state index is -0.630. The van der Waals surface area contributed by atoms with Gasteiger partial charge in [0.1, 0.15) is 17.2 Å². The van der Waals surface area contributed by atoms with Crippen LogP contribution in [-0.2, 0) is 6.42 Å². The van der Waals surface area contributed by atoms with Crippen molar-refractivity contribution in [1.29, 1.82) is 0 Å². The largest absolute Gasteiger partial charge is 0.502 e. The lowest BCUT2D eigenvalue weighted by Gasteiger charge is -2.09. The maximum atomic E-state index is 11.4. The normalized spacial score (nSPS) is 10.9. The van der Waals surface area contributed by atoms with Crippen LogP contribution in [-0.4, -0.2) is 30.5 Å². The Morgan fingerprint density at radius 1 is 1.13 bits per heavy atom. The van der Waals surface area contributed by atoms with Gasteiger partial charge in [0.15, 0.2) is 0 Å². The second-order valence-corrected chi connectivity index (χ2v) is 6.78. The molecule has 7 nitrogen and oxygen atoms in total. The van der Waals surface area contributed by atoms with E-state index in [4.69, 9.17) is 21.1 Å². The van der Waals surface area contributed by atoms with Crippen molar-refractivity contribution in [1.82, 2.24) is 0 Å². The Bertz CT molecular complexity index is 1110. The summed E-state index contributed by atoms with van der Waals surface area (Å²) < 4.78 is 10.5. The number of rotatable bonds is 7. The lowest BCUT2D eigenvalue weighted by molar-refractivity contribution is -0.385. The Morgan fingerprint density at radius 3 is 2.57 bits per heavy atom. The van der Waals surface area contributed by atoms with E-state index in [-0.39, 0.29) is 5.56 Å². The van der Waals surface area contributed by atoms with Crippen molar-refractivity contribution in [3.8, 4) is 17.2 Å².